The van der Waals surface area contributed by atoms with Crippen LogP contribution in [0.2, 0.25) is 0 Å². The summed E-state index contributed by atoms with van der Waals surface area (Å²) in [6, 6.07) is 10.6. The average molecular weight is 449 g/mol. The zero-order chi connectivity index (χ0) is 22.6. The average Bonchev–Trinajstić information content (AvgIpc) is 2.72. The van der Waals surface area contributed by atoms with E-state index in [1.165, 1.54) is 13.2 Å². The summed E-state index contributed by atoms with van der Waals surface area (Å²) in [6.45, 7) is 1.79. The largest absolute Gasteiger partial charge is 0.480 e. The van der Waals surface area contributed by atoms with Crippen molar-refractivity contribution in [3.05, 3.63) is 65.4 Å². The molecule has 2 aromatic heterocycles. The number of nitrogens with one attached hydrogen (secondary N) is 1. The van der Waals surface area contributed by atoms with Gasteiger partial charge in [0.05, 0.1) is 18.4 Å². The van der Waals surface area contributed by atoms with Crippen molar-refractivity contribution in [3.63, 3.8) is 0 Å². The van der Waals surface area contributed by atoms with E-state index in [0.717, 1.165) is 23.3 Å². The van der Waals surface area contributed by atoms with Crippen molar-refractivity contribution in [1.82, 2.24) is 9.97 Å². The second-order valence-electron chi connectivity index (χ2n) is 6.83. The molecule has 0 aliphatic heterocycles. The molecule has 9 heteroatoms. The zero-order valence-corrected chi connectivity index (χ0v) is 18.1. The highest BCUT2D eigenvalue weighted by molar-refractivity contribution is 8.14. The number of rotatable bonds is 7. The fourth-order valence-corrected chi connectivity index (χ4v) is 3.34. The van der Waals surface area contributed by atoms with Gasteiger partial charge in [0, 0.05) is 17.3 Å². The van der Waals surface area contributed by atoms with Crippen molar-refractivity contribution in [2.45, 2.75) is 19.7 Å². The number of aryl methyl sites for hydroxylation is 1. The van der Waals surface area contributed by atoms with E-state index in [4.69, 9.17) is 9.47 Å². The second-order valence-corrected chi connectivity index (χ2v) is 8.30. The summed E-state index contributed by atoms with van der Waals surface area (Å²) in [5.74, 6) is 4.72. The number of nitrogens with zero attached hydrogens (tertiary/aromatic N) is 2. The molecule has 3 aromatic rings. The summed E-state index contributed by atoms with van der Waals surface area (Å²) in [5, 5.41) is 0. The lowest BCUT2D eigenvalue weighted by Gasteiger charge is -2.14. The number of hydrogen-bond donors (Lipinski definition) is 1. The van der Waals surface area contributed by atoms with Crippen LogP contribution >= 0.6 is 10.7 Å². The molecule has 0 saturated carbocycles. The highest BCUT2D eigenvalue weighted by Crippen LogP contribution is 2.32. The number of aromatic nitrogens is 2. The molecule has 0 saturated heterocycles. The molecule has 1 atom stereocenters. The molecule has 0 amide bonds. The first kappa shape index (κ1) is 22.6. The van der Waals surface area contributed by atoms with Crippen LogP contribution in [0, 0.1) is 6.92 Å². The van der Waals surface area contributed by atoms with Crippen LogP contribution in [-0.2, 0) is 12.8 Å². The van der Waals surface area contributed by atoms with Gasteiger partial charge in [-0.05, 0) is 43.0 Å². The first-order valence-corrected chi connectivity index (χ1v) is 11.0. The van der Waals surface area contributed by atoms with E-state index in [1.807, 2.05) is 31.4 Å². The van der Waals surface area contributed by atoms with Gasteiger partial charge in [0.2, 0.25) is 11.8 Å². The summed E-state index contributed by atoms with van der Waals surface area (Å²) in [4.78, 5) is 8.85. The molecule has 0 aliphatic carbocycles. The lowest BCUT2D eigenvalue weighted by atomic mass is 10.1. The lowest BCUT2D eigenvalue weighted by Crippen LogP contribution is -2.06. The van der Waals surface area contributed by atoms with Gasteiger partial charge in [-0.3, -0.25) is 0 Å². The van der Waals surface area contributed by atoms with E-state index < -0.39 is 11.7 Å². The van der Waals surface area contributed by atoms with Crippen molar-refractivity contribution in [1.29, 1.82) is 0 Å². The Bertz CT molecular complexity index is 1100. The first-order valence-electron chi connectivity index (χ1n) is 9.20. The number of benzene rings is 1. The minimum Gasteiger partial charge on any atom is -0.480 e. The molecule has 164 valence electrons. The third kappa shape index (κ3) is 5.75. The van der Waals surface area contributed by atoms with Crippen LogP contribution in [-0.4, -0.2) is 29.2 Å². The molecular weight excluding hydrogens is 427 g/mol. The van der Waals surface area contributed by atoms with Crippen LogP contribution in [0.5, 0.6) is 11.8 Å². The molecular formula is C22H22F3N3O2S. The van der Waals surface area contributed by atoms with Crippen LogP contribution in [0.4, 0.5) is 18.9 Å². The maximum Gasteiger partial charge on any atom is 0.416 e. The summed E-state index contributed by atoms with van der Waals surface area (Å²) in [7, 11) is 1.21. The molecule has 0 aliphatic rings. The van der Waals surface area contributed by atoms with E-state index in [2.05, 4.69) is 20.6 Å². The zero-order valence-electron chi connectivity index (χ0n) is 17.3. The predicted octanol–water partition coefficient (Wildman–Crippen LogP) is 5.72. The van der Waals surface area contributed by atoms with Crippen molar-refractivity contribution in [2.24, 2.45) is 0 Å². The van der Waals surface area contributed by atoms with Crippen LogP contribution in [0.3, 0.4) is 0 Å². The van der Waals surface area contributed by atoms with Crippen molar-refractivity contribution in [2.75, 3.05) is 18.1 Å². The standard InChI is InChI=1S/C22H22F3N3O2S/c1-14-8-9-18(16-11-19(28-31(3)4)21(29-2)26-12-16)27-20(14)30-13-15-6-5-7-17(10-15)22(23,24)25/h5-12,28H,3,13H2,1-2,4H3. The van der Waals surface area contributed by atoms with Crippen molar-refractivity contribution in [3.8, 4) is 23.0 Å². The maximum atomic E-state index is 12.9. The van der Waals surface area contributed by atoms with Gasteiger partial charge >= 0.3 is 6.18 Å². The van der Waals surface area contributed by atoms with Gasteiger partial charge in [-0.1, -0.05) is 24.1 Å². The van der Waals surface area contributed by atoms with Gasteiger partial charge in [-0.25, -0.2) is 9.97 Å². The molecule has 5 nitrogen and oxygen atoms in total. The Morgan fingerprint density at radius 3 is 2.58 bits per heavy atom. The summed E-state index contributed by atoms with van der Waals surface area (Å²) in [5.41, 5.74) is 2.50. The molecule has 1 N–H and O–H groups in total. The van der Waals surface area contributed by atoms with Crippen LogP contribution < -0.4 is 14.2 Å². The van der Waals surface area contributed by atoms with Crippen LogP contribution in [0.1, 0.15) is 16.7 Å². The Morgan fingerprint density at radius 2 is 1.90 bits per heavy atom. The van der Waals surface area contributed by atoms with Crippen molar-refractivity contribution >= 4 is 22.2 Å². The summed E-state index contributed by atoms with van der Waals surface area (Å²) >= 11 is 0. The van der Waals surface area contributed by atoms with Crippen LogP contribution in [0.25, 0.3) is 11.3 Å². The third-order valence-corrected chi connectivity index (χ3v) is 4.87. The third-order valence-electron chi connectivity index (χ3n) is 4.30. The first-order chi connectivity index (χ1) is 14.7. The molecule has 1 unspecified atom stereocenters. The lowest BCUT2D eigenvalue weighted by molar-refractivity contribution is -0.137. The van der Waals surface area contributed by atoms with Gasteiger partial charge in [-0.2, -0.15) is 13.2 Å². The molecule has 0 bridgehead atoms. The Labute approximate surface area is 181 Å². The van der Waals surface area contributed by atoms with E-state index in [1.54, 1.807) is 12.3 Å². The fourth-order valence-electron chi connectivity index (χ4n) is 2.82. The summed E-state index contributed by atoms with van der Waals surface area (Å²) < 4.78 is 53.0. The molecule has 0 fully saturated rings. The number of halogens is 3. The highest BCUT2D eigenvalue weighted by atomic mass is 32.2. The van der Waals surface area contributed by atoms with E-state index in [0.29, 0.717) is 28.7 Å². The number of ether oxygens (including phenoxy) is 2. The molecule has 3 rings (SSSR count). The number of anilines is 1. The molecule has 2 heterocycles. The molecule has 1 aromatic carbocycles. The number of pyridine rings is 2. The monoisotopic (exact) mass is 449 g/mol. The number of hydrogen-bond acceptors (Lipinski definition) is 5. The number of methoxy groups -OCH3 is 1. The molecule has 31 heavy (non-hydrogen) atoms. The Hall–Kier alpha value is -3.07. The summed E-state index contributed by atoms with van der Waals surface area (Å²) in [6.07, 6.45) is -0.839. The maximum absolute atomic E-state index is 12.9. The topological polar surface area (TPSA) is 56.3 Å². The van der Waals surface area contributed by atoms with Gasteiger partial charge < -0.3 is 14.2 Å². The van der Waals surface area contributed by atoms with Gasteiger partial charge in [0.1, 0.15) is 12.3 Å². The molecule has 0 radical (unpaired) electrons. The van der Waals surface area contributed by atoms with E-state index >= 15 is 0 Å². The second kappa shape index (κ2) is 9.38. The SMILES string of the molecule is C=S(C)Nc1cc(-c2ccc(C)c(OCc3cccc(C(F)(F)F)c3)n2)cnc1OC. The minimum atomic E-state index is -4.40. The minimum absolute atomic E-state index is 0.0327. The normalized spacial score (nSPS) is 12.3. The predicted molar refractivity (Wildman–Crippen MR) is 119 cm³/mol. The van der Waals surface area contributed by atoms with E-state index in [9.17, 15) is 13.2 Å². The Kier molecular flexibility index (Phi) is 6.84. The van der Waals surface area contributed by atoms with Crippen LogP contribution in [0.15, 0.2) is 48.7 Å². The van der Waals surface area contributed by atoms with Gasteiger partial charge in [0.15, 0.2) is 0 Å². The van der Waals surface area contributed by atoms with Gasteiger partial charge in [0.25, 0.3) is 0 Å². The Morgan fingerprint density at radius 1 is 1.13 bits per heavy atom. The highest BCUT2D eigenvalue weighted by Gasteiger charge is 2.30. The van der Waals surface area contributed by atoms with Crippen molar-refractivity contribution < 1.29 is 22.6 Å². The quantitative estimate of drug-likeness (QED) is 0.468. The van der Waals surface area contributed by atoms with E-state index in [-0.39, 0.29) is 17.3 Å². The smallest absolute Gasteiger partial charge is 0.416 e. The van der Waals surface area contributed by atoms with Gasteiger partial charge in [-0.15, -0.1) is 10.7 Å². The Balaban J connectivity index is 1.85. The fraction of sp³-hybridized carbons (Fsp3) is 0.227. The number of alkyl halides is 3. The molecule has 0 spiro atoms.